The van der Waals surface area contributed by atoms with Gasteiger partial charge in [0, 0.05) is 0 Å². The summed E-state index contributed by atoms with van der Waals surface area (Å²) in [6.07, 6.45) is 0.119. The van der Waals surface area contributed by atoms with E-state index in [0.717, 1.165) is 0 Å². The number of hydrogen-bond donors (Lipinski definition) is 4. The Labute approximate surface area is 50.8 Å². The highest BCUT2D eigenvalue weighted by Crippen LogP contribution is 1.79. The van der Waals surface area contributed by atoms with E-state index in [1.165, 1.54) is 0 Å². The minimum atomic E-state index is -2.15. The van der Waals surface area contributed by atoms with E-state index in [4.69, 9.17) is 16.6 Å². The number of carbonyl (C=O) groups excluding carboxylic acids is 1. The Morgan fingerprint density at radius 2 is 2.11 bits per heavy atom. The molecule has 0 fully saturated rings. The Balaban J connectivity index is 4.00. The van der Waals surface area contributed by atoms with Crippen LogP contribution in [0, 0.1) is 0 Å². The maximum atomic E-state index is 9.94. The number of carbonyl (C=O) groups is 2. The summed E-state index contributed by atoms with van der Waals surface area (Å²) in [5.74, 6) is -3.64. The summed E-state index contributed by atoms with van der Waals surface area (Å²) in [6.45, 7) is 0. The highest BCUT2D eigenvalue weighted by molar-refractivity contribution is 5.79. The molecule has 0 unspecified atom stereocenters. The molecule has 0 aromatic heterocycles. The molecule has 0 aliphatic heterocycles. The van der Waals surface area contributed by atoms with E-state index in [1.807, 2.05) is 0 Å². The molecule has 0 aromatic carbocycles. The van der Waals surface area contributed by atoms with Crippen molar-refractivity contribution in [2.45, 2.75) is 5.79 Å². The van der Waals surface area contributed by atoms with Crippen LogP contribution in [0.15, 0.2) is 0 Å². The highest BCUT2D eigenvalue weighted by Gasteiger charge is 2.27. The molecule has 0 heterocycles. The maximum Gasteiger partial charge on any atom is 0.360 e. The molecule has 0 spiro atoms. The first-order valence-corrected chi connectivity index (χ1v) is 2.03. The van der Waals surface area contributed by atoms with Crippen LogP contribution in [0.5, 0.6) is 0 Å². The predicted molar refractivity (Wildman–Crippen MR) is 27.9 cm³/mol. The van der Waals surface area contributed by atoms with Crippen LogP contribution in [0.3, 0.4) is 0 Å². The van der Waals surface area contributed by atoms with Gasteiger partial charge in [0.2, 0.25) is 12.2 Å². The monoisotopic (exact) mass is 133 g/mol. The summed E-state index contributed by atoms with van der Waals surface area (Å²) in [4.78, 5) is 19.5. The zero-order chi connectivity index (χ0) is 7.49. The number of hydrogen-bond acceptors (Lipinski definition) is 4. The number of nitrogens with two attached hydrogens (primary N) is 2. The van der Waals surface area contributed by atoms with Crippen molar-refractivity contribution in [3.05, 3.63) is 0 Å². The van der Waals surface area contributed by atoms with Gasteiger partial charge in [0.15, 0.2) is 0 Å². The van der Waals surface area contributed by atoms with Gasteiger partial charge in [-0.2, -0.15) is 0 Å². The predicted octanol–water partition coefficient (Wildman–Crippen LogP) is -2.61. The van der Waals surface area contributed by atoms with E-state index in [-0.39, 0.29) is 6.41 Å². The van der Waals surface area contributed by atoms with Gasteiger partial charge in [0.25, 0.3) is 0 Å². The summed E-state index contributed by atoms with van der Waals surface area (Å²) in [7, 11) is 0. The van der Waals surface area contributed by atoms with Gasteiger partial charge >= 0.3 is 5.97 Å². The quantitative estimate of drug-likeness (QED) is 0.248. The topological polar surface area (TPSA) is 118 Å². The second-order valence-electron chi connectivity index (χ2n) is 1.44. The smallest absolute Gasteiger partial charge is 0.360 e. The Bertz CT molecular complexity index is 132. The third-order valence-corrected chi connectivity index (χ3v) is 0.652. The number of rotatable bonds is 3. The summed E-state index contributed by atoms with van der Waals surface area (Å²) in [5.41, 5.74) is 9.61. The fraction of sp³-hybridized carbons (Fsp3) is 0.333. The lowest BCUT2D eigenvalue weighted by molar-refractivity contribution is -0.145. The van der Waals surface area contributed by atoms with Gasteiger partial charge < -0.3 is 10.4 Å². The summed E-state index contributed by atoms with van der Waals surface area (Å²) >= 11 is 0. The first-order valence-electron chi connectivity index (χ1n) is 2.03. The molecule has 52 valence electrons. The van der Waals surface area contributed by atoms with Crippen molar-refractivity contribution in [3.8, 4) is 0 Å². The lowest BCUT2D eigenvalue weighted by Gasteiger charge is -2.16. The second-order valence-corrected chi connectivity index (χ2v) is 1.44. The number of nitrogens with one attached hydrogen (secondary N) is 1. The van der Waals surface area contributed by atoms with E-state index < -0.39 is 11.8 Å². The summed E-state index contributed by atoms with van der Waals surface area (Å²) < 4.78 is 0. The number of amides is 1. The zero-order valence-electron chi connectivity index (χ0n) is 4.50. The van der Waals surface area contributed by atoms with E-state index in [2.05, 4.69) is 0 Å². The third kappa shape index (κ3) is 2.06. The van der Waals surface area contributed by atoms with Gasteiger partial charge in [0.1, 0.15) is 0 Å². The minimum Gasteiger partial charge on any atom is -0.477 e. The standard InChI is InChI=1S/C3H7N3O3/c4-3(5,2(8)9)6-1-7/h1H,4-5H2,(H,6,7)(H,8,9). The molecule has 0 saturated carbocycles. The maximum absolute atomic E-state index is 9.94. The number of aliphatic carboxylic acids is 1. The number of carboxylic acids is 1. The van der Waals surface area contributed by atoms with Gasteiger partial charge in [-0.05, 0) is 0 Å². The van der Waals surface area contributed by atoms with Crippen LogP contribution in [-0.2, 0) is 9.59 Å². The SMILES string of the molecule is NC(N)(NC=O)C(=O)O. The fourth-order valence-corrected chi connectivity index (χ4v) is 0.159. The molecule has 6 heteroatoms. The molecular weight excluding hydrogens is 126 g/mol. The molecule has 6 N–H and O–H groups in total. The first kappa shape index (κ1) is 7.86. The van der Waals surface area contributed by atoms with Gasteiger partial charge in [0.05, 0.1) is 0 Å². The molecule has 0 aliphatic carbocycles. The lowest BCUT2D eigenvalue weighted by Crippen LogP contribution is -2.66. The average molecular weight is 133 g/mol. The lowest BCUT2D eigenvalue weighted by atomic mass is 10.4. The van der Waals surface area contributed by atoms with Crippen molar-refractivity contribution < 1.29 is 14.7 Å². The molecule has 0 bridgehead atoms. The Kier molecular flexibility index (Phi) is 2.12. The Morgan fingerprint density at radius 3 is 2.22 bits per heavy atom. The minimum absolute atomic E-state index is 0.119. The number of carboxylic acid groups (broad SMARTS) is 1. The Morgan fingerprint density at radius 1 is 1.67 bits per heavy atom. The van der Waals surface area contributed by atoms with Crippen LogP contribution < -0.4 is 16.8 Å². The molecule has 0 atom stereocenters. The van der Waals surface area contributed by atoms with Crippen molar-refractivity contribution in [1.29, 1.82) is 0 Å². The largest absolute Gasteiger partial charge is 0.477 e. The zero-order valence-corrected chi connectivity index (χ0v) is 4.50. The first-order chi connectivity index (χ1) is 4.00. The van der Waals surface area contributed by atoms with Crippen LogP contribution in [-0.4, -0.2) is 23.3 Å². The van der Waals surface area contributed by atoms with Crippen molar-refractivity contribution in [2.75, 3.05) is 0 Å². The van der Waals surface area contributed by atoms with Gasteiger partial charge in [-0.1, -0.05) is 0 Å². The molecule has 1 amide bonds. The van der Waals surface area contributed by atoms with Crippen LogP contribution in [0.4, 0.5) is 0 Å². The molecule has 0 radical (unpaired) electrons. The van der Waals surface area contributed by atoms with Crippen LogP contribution in [0.1, 0.15) is 0 Å². The van der Waals surface area contributed by atoms with Crippen LogP contribution in [0.25, 0.3) is 0 Å². The van der Waals surface area contributed by atoms with Crippen LogP contribution in [0.2, 0.25) is 0 Å². The van der Waals surface area contributed by atoms with Gasteiger partial charge in [-0.15, -0.1) is 0 Å². The van der Waals surface area contributed by atoms with Crippen molar-refractivity contribution in [3.63, 3.8) is 0 Å². The normalized spacial score (nSPS) is 10.4. The van der Waals surface area contributed by atoms with E-state index >= 15 is 0 Å². The van der Waals surface area contributed by atoms with Gasteiger partial charge in [-0.3, -0.25) is 16.3 Å². The molecular formula is C3H7N3O3. The van der Waals surface area contributed by atoms with Crippen molar-refractivity contribution in [1.82, 2.24) is 5.32 Å². The molecule has 6 nitrogen and oxygen atoms in total. The van der Waals surface area contributed by atoms with Crippen LogP contribution >= 0.6 is 0 Å². The molecule has 9 heavy (non-hydrogen) atoms. The molecule has 0 saturated heterocycles. The molecule has 0 aromatic rings. The van der Waals surface area contributed by atoms with E-state index in [1.54, 1.807) is 5.32 Å². The van der Waals surface area contributed by atoms with Crippen molar-refractivity contribution in [2.24, 2.45) is 11.5 Å². The highest BCUT2D eigenvalue weighted by atomic mass is 16.4. The average Bonchev–Trinajstić information content (AvgIpc) is 1.65. The van der Waals surface area contributed by atoms with Gasteiger partial charge in [-0.25, -0.2) is 4.79 Å². The second kappa shape index (κ2) is 2.42. The summed E-state index contributed by atoms with van der Waals surface area (Å²) in [5, 5.41) is 9.80. The summed E-state index contributed by atoms with van der Waals surface area (Å²) in [6, 6.07) is 0. The van der Waals surface area contributed by atoms with Crippen molar-refractivity contribution >= 4 is 12.4 Å². The van der Waals surface area contributed by atoms with E-state index in [9.17, 15) is 9.59 Å². The Hall–Kier alpha value is -1.14. The van der Waals surface area contributed by atoms with E-state index in [0.29, 0.717) is 0 Å². The molecule has 0 rings (SSSR count). The third-order valence-electron chi connectivity index (χ3n) is 0.652. The fourth-order valence-electron chi connectivity index (χ4n) is 0.159. The molecule has 0 aliphatic rings.